The summed E-state index contributed by atoms with van der Waals surface area (Å²) in [6, 6.07) is 5.87. The van der Waals surface area contributed by atoms with E-state index in [1.54, 1.807) is 0 Å². The highest BCUT2D eigenvalue weighted by molar-refractivity contribution is 6.31. The second-order valence-electron chi connectivity index (χ2n) is 7.05. The summed E-state index contributed by atoms with van der Waals surface area (Å²) in [6.07, 6.45) is 6.87. The van der Waals surface area contributed by atoms with E-state index in [9.17, 15) is 4.79 Å². The second kappa shape index (κ2) is 5.54. The van der Waals surface area contributed by atoms with Gasteiger partial charge in [-0.15, -0.1) is 0 Å². The highest BCUT2D eigenvalue weighted by atomic mass is 35.5. The summed E-state index contributed by atoms with van der Waals surface area (Å²) in [7, 11) is 0. The number of likely N-dealkylation sites (tertiary alicyclic amines) is 1. The van der Waals surface area contributed by atoms with Crippen LogP contribution >= 0.6 is 11.6 Å². The van der Waals surface area contributed by atoms with Crippen LogP contribution in [-0.2, 0) is 0 Å². The fourth-order valence-electron chi connectivity index (χ4n) is 4.21. The number of carbonyl (C=O) groups is 1. The summed E-state index contributed by atoms with van der Waals surface area (Å²) < 4.78 is 0. The van der Waals surface area contributed by atoms with Gasteiger partial charge in [-0.1, -0.05) is 11.6 Å². The molecule has 0 aromatic heterocycles. The average molecular weight is 319 g/mol. The second-order valence-corrected chi connectivity index (χ2v) is 7.45. The van der Waals surface area contributed by atoms with E-state index in [1.807, 2.05) is 12.1 Å². The Hall–Kier alpha value is -1.06. The van der Waals surface area contributed by atoms with Crippen LogP contribution in [0.1, 0.15) is 60.4 Å². The molecule has 1 amide bonds. The largest absolute Gasteiger partial charge is 0.333 e. The summed E-state index contributed by atoms with van der Waals surface area (Å²) in [5.41, 5.74) is 2.10. The van der Waals surface area contributed by atoms with Gasteiger partial charge in [-0.05, 0) is 81.3 Å². The summed E-state index contributed by atoms with van der Waals surface area (Å²) in [5.74, 6) is 0.782. The van der Waals surface area contributed by atoms with E-state index >= 15 is 0 Å². The number of benzene rings is 1. The maximum Gasteiger partial charge on any atom is 0.254 e. The molecule has 2 heterocycles. The number of rotatable bonds is 2. The maximum atomic E-state index is 13.1. The molecule has 0 unspecified atom stereocenters. The Labute approximate surface area is 137 Å². The first-order chi connectivity index (χ1) is 10.7. The van der Waals surface area contributed by atoms with E-state index in [0.29, 0.717) is 5.92 Å². The first-order valence-corrected chi connectivity index (χ1v) is 8.90. The standard InChI is InChI=1S/C18H23ClN2O/c19-16-5-4-14(12-15(16)13-2-3-13)17(22)21-11-1-6-18(21)7-9-20-10-8-18/h4-5,12-13,20H,1-3,6-11H2. The first kappa shape index (κ1) is 14.5. The third kappa shape index (κ3) is 2.44. The number of carbonyl (C=O) groups excluding carboxylic acids is 1. The lowest BCUT2D eigenvalue weighted by Crippen LogP contribution is -2.53. The molecule has 118 valence electrons. The monoisotopic (exact) mass is 318 g/mol. The molecule has 1 aromatic rings. The van der Waals surface area contributed by atoms with Crippen molar-refractivity contribution in [1.82, 2.24) is 10.2 Å². The first-order valence-electron chi connectivity index (χ1n) is 8.52. The molecule has 2 aliphatic heterocycles. The molecule has 0 atom stereocenters. The van der Waals surface area contributed by atoms with Crippen LogP contribution < -0.4 is 5.32 Å². The Morgan fingerprint density at radius 3 is 2.73 bits per heavy atom. The quantitative estimate of drug-likeness (QED) is 0.904. The third-order valence-electron chi connectivity index (χ3n) is 5.64. The zero-order valence-electron chi connectivity index (χ0n) is 12.9. The SMILES string of the molecule is O=C(c1ccc(Cl)c(C2CC2)c1)N1CCCC12CCNCC2. The molecule has 2 saturated heterocycles. The Bertz CT molecular complexity index is 591. The van der Waals surface area contributed by atoms with Crippen molar-refractivity contribution in [1.29, 1.82) is 0 Å². The zero-order valence-corrected chi connectivity index (χ0v) is 13.7. The van der Waals surface area contributed by atoms with Crippen LogP contribution in [0.25, 0.3) is 0 Å². The molecule has 4 rings (SSSR count). The van der Waals surface area contributed by atoms with Gasteiger partial charge >= 0.3 is 0 Å². The lowest BCUT2D eigenvalue weighted by atomic mass is 9.85. The smallest absolute Gasteiger partial charge is 0.254 e. The summed E-state index contributed by atoms with van der Waals surface area (Å²) >= 11 is 6.30. The van der Waals surface area contributed by atoms with Gasteiger partial charge < -0.3 is 10.2 Å². The molecular formula is C18H23ClN2O. The molecule has 1 N–H and O–H groups in total. The number of amides is 1. The summed E-state index contributed by atoms with van der Waals surface area (Å²) in [4.78, 5) is 15.2. The van der Waals surface area contributed by atoms with Crippen LogP contribution in [0.5, 0.6) is 0 Å². The van der Waals surface area contributed by atoms with Gasteiger partial charge in [0, 0.05) is 22.7 Å². The van der Waals surface area contributed by atoms with E-state index in [4.69, 9.17) is 11.6 Å². The van der Waals surface area contributed by atoms with Gasteiger partial charge in [-0.2, -0.15) is 0 Å². The van der Waals surface area contributed by atoms with Gasteiger partial charge in [0.1, 0.15) is 0 Å². The van der Waals surface area contributed by atoms with Gasteiger partial charge in [-0.3, -0.25) is 4.79 Å². The van der Waals surface area contributed by atoms with Crippen molar-refractivity contribution < 1.29 is 4.79 Å². The van der Waals surface area contributed by atoms with Crippen LogP contribution in [0.15, 0.2) is 18.2 Å². The van der Waals surface area contributed by atoms with Crippen LogP contribution in [0.4, 0.5) is 0 Å². The van der Waals surface area contributed by atoms with Crippen molar-refractivity contribution in [3.05, 3.63) is 34.3 Å². The Kier molecular flexibility index (Phi) is 3.66. The minimum Gasteiger partial charge on any atom is -0.333 e. The van der Waals surface area contributed by atoms with Gasteiger partial charge in [-0.25, -0.2) is 0 Å². The molecule has 22 heavy (non-hydrogen) atoms. The van der Waals surface area contributed by atoms with Crippen LogP contribution in [0.3, 0.4) is 0 Å². The molecule has 1 aliphatic carbocycles. The number of halogens is 1. The molecule has 3 fully saturated rings. The van der Waals surface area contributed by atoms with Crippen molar-refractivity contribution >= 4 is 17.5 Å². The topological polar surface area (TPSA) is 32.3 Å². The van der Waals surface area contributed by atoms with Gasteiger partial charge in [0.15, 0.2) is 0 Å². The predicted octanol–water partition coefficient (Wildman–Crippen LogP) is 3.58. The Morgan fingerprint density at radius 1 is 1.23 bits per heavy atom. The van der Waals surface area contributed by atoms with Crippen LogP contribution in [-0.4, -0.2) is 36.0 Å². The number of hydrogen-bond acceptors (Lipinski definition) is 2. The molecule has 3 nitrogen and oxygen atoms in total. The number of piperidine rings is 1. The van der Waals surface area contributed by atoms with Gasteiger partial charge in [0.2, 0.25) is 0 Å². The molecule has 1 aromatic carbocycles. The molecule has 0 radical (unpaired) electrons. The summed E-state index contributed by atoms with van der Waals surface area (Å²) in [5, 5.41) is 4.24. The number of hydrogen-bond donors (Lipinski definition) is 1. The highest BCUT2D eigenvalue weighted by Gasteiger charge is 2.44. The molecule has 1 spiro atoms. The lowest BCUT2D eigenvalue weighted by molar-refractivity contribution is 0.0519. The molecule has 4 heteroatoms. The van der Waals surface area contributed by atoms with Crippen molar-refractivity contribution in [2.75, 3.05) is 19.6 Å². The van der Waals surface area contributed by atoms with E-state index in [2.05, 4.69) is 16.3 Å². The fourth-order valence-corrected chi connectivity index (χ4v) is 4.48. The van der Waals surface area contributed by atoms with Crippen molar-refractivity contribution in [2.45, 2.75) is 50.0 Å². The van der Waals surface area contributed by atoms with E-state index in [1.165, 1.54) is 18.4 Å². The Morgan fingerprint density at radius 2 is 2.00 bits per heavy atom. The van der Waals surface area contributed by atoms with Crippen molar-refractivity contribution in [3.8, 4) is 0 Å². The lowest BCUT2D eigenvalue weighted by Gasteiger charge is -2.42. The van der Waals surface area contributed by atoms with Gasteiger partial charge in [0.25, 0.3) is 5.91 Å². The fraction of sp³-hybridized carbons (Fsp3) is 0.611. The third-order valence-corrected chi connectivity index (χ3v) is 5.98. The minimum atomic E-state index is 0.0989. The molecule has 3 aliphatic rings. The van der Waals surface area contributed by atoms with Crippen molar-refractivity contribution in [2.24, 2.45) is 0 Å². The minimum absolute atomic E-state index is 0.0989. The maximum absolute atomic E-state index is 13.1. The zero-order chi connectivity index (χ0) is 15.2. The van der Waals surface area contributed by atoms with Crippen LogP contribution in [0.2, 0.25) is 5.02 Å². The average Bonchev–Trinajstić information content (AvgIpc) is 3.31. The normalized spacial score (nSPS) is 24.0. The predicted molar refractivity (Wildman–Crippen MR) is 88.5 cm³/mol. The van der Waals surface area contributed by atoms with E-state index < -0.39 is 0 Å². The number of nitrogens with zero attached hydrogens (tertiary/aromatic N) is 1. The Balaban J connectivity index is 1.62. The summed E-state index contributed by atoms with van der Waals surface area (Å²) in [6.45, 7) is 2.95. The van der Waals surface area contributed by atoms with E-state index in [0.717, 1.165) is 55.9 Å². The molecule has 0 bridgehead atoms. The number of nitrogens with one attached hydrogen (secondary N) is 1. The highest BCUT2D eigenvalue weighted by Crippen LogP contribution is 2.44. The van der Waals surface area contributed by atoms with Crippen molar-refractivity contribution in [3.63, 3.8) is 0 Å². The molecular weight excluding hydrogens is 296 g/mol. The van der Waals surface area contributed by atoms with E-state index in [-0.39, 0.29) is 11.4 Å². The van der Waals surface area contributed by atoms with Gasteiger partial charge in [0.05, 0.1) is 0 Å². The molecule has 1 saturated carbocycles. The van der Waals surface area contributed by atoms with Crippen LogP contribution in [0, 0.1) is 0 Å².